The fourth-order valence-electron chi connectivity index (χ4n) is 2.67. The van der Waals surface area contributed by atoms with Crippen LogP contribution >= 0.6 is 0 Å². The second-order valence-corrected chi connectivity index (χ2v) is 7.48. The number of benzene rings is 2. The van der Waals surface area contributed by atoms with E-state index in [0.717, 1.165) is 16.7 Å². The Morgan fingerprint density at radius 3 is 2.23 bits per heavy atom. The lowest BCUT2D eigenvalue weighted by Crippen LogP contribution is -2.12. The maximum Gasteiger partial charge on any atom is 0.205 e. The summed E-state index contributed by atoms with van der Waals surface area (Å²) >= 11 is 0. The summed E-state index contributed by atoms with van der Waals surface area (Å²) in [4.78, 5) is 0.696. The highest BCUT2D eigenvalue weighted by Crippen LogP contribution is 2.40. The second-order valence-electron chi connectivity index (χ2n) is 5.56. The van der Waals surface area contributed by atoms with Crippen molar-refractivity contribution in [2.75, 3.05) is 6.61 Å². The van der Waals surface area contributed by atoms with Crippen LogP contribution in [0.5, 0.6) is 0 Å². The molecule has 114 valence electrons. The maximum absolute atomic E-state index is 13.0. The molecule has 0 N–H and O–H groups in total. The van der Waals surface area contributed by atoms with Crippen molar-refractivity contribution in [3.8, 4) is 0 Å². The zero-order valence-electron chi connectivity index (χ0n) is 12.6. The molecule has 1 aliphatic heterocycles. The SMILES string of the molecule is CC1=C(S(=O)(=O)c2ccc(C)cc2)C(c2ccccc2)OC1. The monoisotopic (exact) mass is 314 g/mol. The first-order chi connectivity index (χ1) is 10.5. The van der Waals surface area contributed by atoms with Gasteiger partial charge in [-0.3, -0.25) is 0 Å². The fraction of sp³-hybridized carbons (Fsp3) is 0.222. The van der Waals surface area contributed by atoms with Gasteiger partial charge in [-0.25, -0.2) is 8.42 Å². The smallest absolute Gasteiger partial charge is 0.205 e. The summed E-state index contributed by atoms with van der Waals surface area (Å²) in [6.45, 7) is 4.11. The van der Waals surface area contributed by atoms with Crippen LogP contribution in [-0.4, -0.2) is 15.0 Å². The molecule has 0 radical (unpaired) electrons. The van der Waals surface area contributed by atoms with Crippen LogP contribution in [0.25, 0.3) is 0 Å². The quantitative estimate of drug-likeness (QED) is 0.865. The van der Waals surface area contributed by atoms with Gasteiger partial charge in [0.05, 0.1) is 16.4 Å². The standard InChI is InChI=1S/C18H18O3S/c1-13-8-10-16(11-9-13)22(19,20)18-14(2)12-21-17(18)15-6-4-3-5-7-15/h3-11,17H,12H2,1-2H3. The van der Waals surface area contributed by atoms with Crippen molar-refractivity contribution in [1.82, 2.24) is 0 Å². The number of rotatable bonds is 3. The minimum absolute atomic E-state index is 0.318. The molecular weight excluding hydrogens is 296 g/mol. The van der Waals surface area contributed by atoms with Gasteiger partial charge >= 0.3 is 0 Å². The minimum Gasteiger partial charge on any atom is -0.364 e. The summed E-state index contributed by atoms with van der Waals surface area (Å²) in [6, 6.07) is 16.4. The highest BCUT2D eigenvalue weighted by molar-refractivity contribution is 7.95. The van der Waals surface area contributed by atoms with E-state index in [2.05, 4.69) is 0 Å². The normalized spacial score (nSPS) is 18.7. The van der Waals surface area contributed by atoms with Gasteiger partial charge in [-0.15, -0.1) is 0 Å². The van der Waals surface area contributed by atoms with E-state index in [-0.39, 0.29) is 0 Å². The molecule has 0 saturated heterocycles. The molecule has 22 heavy (non-hydrogen) atoms. The summed E-state index contributed by atoms with van der Waals surface area (Å²) < 4.78 is 31.7. The van der Waals surface area contributed by atoms with Crippen molar-refractivity contribution in [1.29, 1.82) is 0 Å². The highest BCUT2D eigenvalue weighted by atomic mass is 32.2. The number of hydrogen-bond donors (Lipinski definition) is 0. The number of aryl methyl sites for hydroxylation is 1. The molecule has 0 aromatic heterocycles. The first-order valence-corrected chi connectivity index (χ1v) is 8.66. The molecule has 1 heterocycles. The van der Waals surface area contributed by atoms with Crippen molar-refractivity contribution in [3.63, 3.8) is 0 Å². The molecule has 0 saturated carbocycles. The second kappa shape index (κ2) is 5.71. The molecule has 3 nitrogen and oxygen atoms in total. The van der Waals surface area contributed by atoms with E-state index in [1.54, 1.807) is 12.1 Å². The molecular formula is C18H18O3S. The van der Waals surface area contributed by atoms with E-state index in [9.17, 15) is 8.42 Å². The van der Waals surface area contributed by atoms with Crippen molar-refractivity contribution in [3.05, 3.63) is 76.2 Å². The Bertz CT molecular complexity index is 803. The van der Waals surface area contributed by atoms with E-state index < -0.39 is 15.9 Å². The molecule has 0 spiro atoms. The van der Waals surface area contributed by atoms with Crippen LogP contribution < -0.4 is 0 Å². The first kappa shape index (κ1) is 15.0. The predicted octanol–water partition coefficient (Wildman–Crippen LogP) is 3.81. The van der Waals surface area contributed by atoms with Gasteiger partial charge in [0.25, 0.3) is 0 Å². The Hall–Kier alpha value is -1.91. The predicted molar refractivity (Wildman–Crippen MR) is 86.2 cm³/mol. The van der Waals surface area contributed by atoms with E-state index in [0.29, 0.717) is 16.4 Å². The van der Waals surface area contributed by atoms with Crippen molar-refractivity contribution < 1.29 is 13.2 Å². The third kappa shape index (κ3) is 2.60. The minimum atomic E-state index is -3.55. The van der Waals surface area contributed by atoms with Crippen molar-refractivity contribution in [2.24, 2.45) is 0 Å². The van der Waals surface area contributed by atoms with Gasteiger partial charge in [-0.05, 0) is 37.1 Å². The topological polar surface area (TPSA) is 43.4 Å². The number of sulfone groups is 1. The number of hydrogen-bond acceptors (Lipinski definition) is 3. The Morgan fingerprint density at radius 2 is 1.59 bits per heavy atom. The van der Waals surface area contributed by atoms with E-state index in [1.807, 2.05) is 56.3 Å². The average Bonchev–Trinajstić information content (AvgIpc) is 2.91. The van der Waals surface area contributed by atoms with Crippen LogP contribution in [0.4, 0.5) is 0 Å². The van der Waals surface area contributed by atoms with Crippen LogP contribution in [0.2, 0.25) is 0 Å². The van der Waals surface area contributed by atoms with Crippen molar-refractivity contribution in [2.45, 2.75) is 24.8 Å². The van der Waals surface area contributed by atoms with Gasteiger partial charge < -0.3 is 4.74 Å². The van der Waals surface area contributed by atoms with E-state index in [1.165, 1.54) is 0 Å². The molecule has 1 unspecified atom stereocenters. The summed E-state index contributed by atoms with van der Waals surface area (Å²) in [5.41, 5.74) is 2.67. The van der Waals surface area contributed by atoms with Crippen LogP contribution in [-0.2, 0) is 14.6 Å². The molecule has 2 aromatic carbocycles. The van der Waals surface area contributed by atoms with E-state index in [4.69, 9.17) is 4.74 Å². The van der Waals surface area contributed by atoms with Crippen LogP contribution in [0.1, 0.15) is 24.2 Å². The molecule has 0 aliphatic carbocycles. The molecule has 3 rings (SSSR count). The van der Waals surface area contributed by atoms with Crippen LogP contribution in [0.3, 0.4) is 0 Å². The lowest BCUT2D eigenvalue weighted by atomic mass is 10.1. The van der Waals surface area contributed by atoms with Crippen LogP contribution in [0.15, 0.2) is 70.0 Å². The summed E-state index contributed by atoms with van der Waals surface area (Å²) in [6.07, 6.45) is -0.521. The van der Waals surface area contributed by atoms with Gasteiger partial charge in [-0.1, -0.05) is 48.0 Å². The van der Waals surface area contributed by atoms with Gasteiger partial charge in [0.15, 0.2) is 0 Å². The molecule has 0 fully saturated rings. The third-order valence-electron chi connectivity index (χ3n) is 3.85. The van der Waals surface area contributed by atoms with Gasteiger partial charge in [0, 0.05) is 0 Å². The largest absolute Gasteiger partial charge is 0.364 e. The molecule has 1 aliphatic rings. The van der Waals surface area contributed by atoms with E-state index >= 15 is 0 Å². The van der Waals surface area contributed by atoms with Gasteiger partial charge in [0.2, 0.25) is 9.84 Å². The fourth-order valence-corrected chi connectivity index (χ4v) is 4.42. The van der Waals surface area contributed by atoms with Gasteiger partial charge in [-0.2, -0.15) is 0 Å². The molecule has 0 amide bonds. The molecule has 4 heteroatoms. The van der Waals surface area contributed by atoms with Gasteiger partial charge in [0.1, 0.15) is 6.10 Å². The van der Waals surface area contributed by atoms with Crippen molar-refractivity contribution >= 4 is 9.84 Å². The molecule has 1 atom stereocenters. The Balaban J connectivity index is 2.08. The maximum atomic E-state index is 13.0. The lowest BCUT2D eigenvalue weighted by Gasteiger charge is -2.16. The highest BCUT2D eigenvalue weighted by Gasteiger charge is 2.35. The Morgan fingerprint density at radius 1 is 0.955 bits per heavy atom. The zero-order valence-corrected chi connectivity index (χ0v) is 13.4. The lowest BCUT2D eigenvalue weighted by molar-refractivity contribution is 0.124. The van der Waals surface area contributed by atoms with Crippen LogP contribution in [0, 0.1) is 6.92 Å². The summed E-state index contributed by atoms with van der Waals surface area (Å²) in [5.74, 6) is 0. The average molecular weight is 314 g/mol. The Kier molecular flexibility index (Phi) is 3.89. The first-order valence-electron chi connectivity index (χ1n) is 7.18. The summed E-state index contributed by atoms with van der Waals surface area (Å²) in [5, 5.41) is 0. The number of ether oxygens (including phenoxy) is 1. The summed E-state index contributed by atoms with van der Waals surface area (Å²) in [7, 11) is -3.55. The molecule has 0 bridgehead atoms. The Labute approximate surface area is 131 Å². The molecule has 2 aromatic rings. The zero-order chi connectivity index (χ0) is 15.7. The third-order valence-corrected chi connectivity index (χ3v) is 5.88.